The molecule has 1 atom stereocenters. The van der Waals surface area contributed by atoms with E-state index in [0.29, 0.717) is 0 Å². The van der Waals surface area contributed by atoms with E-state index in [-0.39, 0.29) is 11.8 Å². The molecule has 12 heavy (non-hydrogen) atoms. The highest BCUT2D eigenvalue weighted by molar-refractivity contribution is 5.82. The molecule has 1 unspecified atom stereocenters. The fourth-order valence-electron chi connectivity index (χ4n) is 1.62. The molecule has 1 aliphatic carbocycles. The van der Waals surface area contributed by atoms with Gasteiger partial charge < -0.3 is 0 Å². The Balaban J connectivity index is 2.82. The molecule has 0 aromatic rings. The molecule has 66 valence electrons. The lowest BCUT2D eigenvalue weighted by atomic mass is 10.0. The number of carbonyl (C=O) groups is 1. The number of hydrogen-bond acceptors (Lipinski definition) is 2. The maximum absolute atomic E-state index is 11.1. The Labute approximate surface area is 71.7 Å². The quantitative estimate of drug-likeness (QED) is 0.482. The Morgan fingerprint density at radius 2 is 2.50 bits per heavy atom. The van der Waals surface area contributed by atoms with Crippen LogP contribution >= 0.6 is 0 Å². The standard InChI is InChI=1S/C9H13NO2/c1-3-7-6(2)4-5-8(7)9(11)10-12/h3,8,12H,1,4-5H2,2H3,(H,10,11). The predicted octanol–water partition coefficient (Wildman–Crippen LogP) is 1.40. The van der Waals surface area contributed by atoms with Crippen LogP contribution in [0.3, 0.4) is 0 Å². The summed E-state index contributed by atoms with van der Waals surface area (Å²) < 4.78 is 0. The van der Waals surface area contributed by atoms with E-state index in [1.165, 1.54) is 5.57 Å². The van der Waals surface area contributed by atoms with Crippen LogP contribution in [0.15, 0.2) is 23.8 Å². The lowest BCUT2D eigenvalue weighted by molar-refractivity contribution is -0.132. The first-order valence-electron chi connectivity index (χ1n) is 3.96. The number of carbonyl (C=O) groups excluding carboxylic acids is 1. The van der Waals surface area contributed by atoms with Gasteiger partial charge in [0.05, 0.1) is 5.92 Å². The lowest BCUT2D eigenvalue weighted by Crippen LogP contribution is -2.27. The van der Waals surface area contributed by atoms with Crippen molar-refractivity contribution in [1.29, 1.82) is 0 Å². The first-order chi connectivity index (χ1) is 5.70. The Kier molecular flexibility index (Phi) is 2.65. The van der Waals surface area contributed by atoms with E-state index < -0.39 is 0 Å². The van der Waals surface area contributed by atoms with E-state index >= 15 is 0 Å². The number of hydroxylamine groups is 1. The van der Waals surface area contributed by atoms with Crippen LogP contribution in [-0.2, 0) is 4.79 Å². The van der Waals surface area contributed by atoms with Crippen LogP contribution in [0.2, 0.25) is 0 Å². The Morgan fingerprint density at radius 1 is 1.83 bits per heavy atom. The van der Waals surface area contributed by atoms with Gasteiger partial charge in [0.15, 0.2) is 0 Å². The van der Waals surface area contributed by atoms with Gasteiger partial charge in [-0.15, -0.1) is 0 Å². The average Bonchev–Trinajstić information content (AvgIpc) is 2.45. The number of hydrogen-bond donors (Lipinski definition) is 2. The highest BCUT2D eigenvalue weighted by atomic mass is 16.5. The minimum absolute atomic E-state index is 0.201. The fourth-order valence-corrected chi connectivity index (χ4v) is 1.62. The molecule has 0 aliphatic heterocycles. The van der Waals surface area contributed by atoms with E-state index in [0.717, 1.165) is 18.4 Å². The molecule has 0 heterocycles. The zero-order valence-corrected chi connectivity index (χ0v) is 7.13. The molecule has 1 aliphatic rings. The van der Waals surface area contributed by atoms with Crippen LogP contribution in [0.4, 0.5) is 0 Å². The van der Waals surface area contributed by atoms with E-state index in [9.17, 15) is 4.79 Å². The van der Waals surface area contributed by atoms with Crippen molar-refractivity contribution in [1.82, 2.24) is 5.48 Å². The summed E-state index contributed by atoms with van der Waals surface area (Å²) in [4.78, 5) is 11.1. The summed E-state index contributed by atoms with van der Waals surface area (Å²) >= 11 is 0. The zero-order valence-electron chi connectivity index (χ0n) is 7.13. The summed E-state index contributed by atoms with van der Waals surface area (Å²) in [7, 11) is 0. The van der Waals surface area contributed by atoms with Gasteiger partial charge in [-0.05, 0) is 25.3 Å². The summed E-state index contributed by atoms with van der Waals surface area (Å²) in [6, 6.07) is 0. The van der Waals surface area contributed by atoms with Crippen LogP contribution < -0.4 is 5.48 Å². The van der Waals surface area contributed by atoms with Crippen LogP contribution in [0.1, 0.15) is 19.8 Å². The molecule has 0 radical (unpaired) electrons. The molecule has 0 saturated carbocycles. The van der Waals surface area contributed by atoms with Gasteiger partial charge in [0.25, 0.3) is 5.91 Å². The normalized spacial score (nSPS) is 22.7. The topological polar surface area (TPSA) is 49.3 Å². The maximum atomic E-state index is 11.1. The minimum atomic E-state index is -0.332. The van der Waals surface area contributed by atoms with Gasteiger partial charge in [-0.1, -0.05) is 18.2 Å². The molecule has 3 nitrogen and oxygen atoms in total. The number of rotatable bonds is 2. The van der Waals surface area contributed by atoms with Gasteiger partial charge in [0.2, 0.25) is 0 Å². The van der Waals surface area contributed by atoms with Crippen LogP contribution in [0, 0.1) is 5.92 Å². The molecule has 0 fully saturated rings. The summed E-state index contributed by atoms with van der Waals surface area (Å²) in [6.07, 6.45) is 3.39. The molecule has 0 aromatic heterocycles. The van der Waals surface area contributed by atoms with Gasteiger partial charge in [-0.3, -0.25) is 10.0 Å². The second-order valence-electron chi connectivity index (χ2n) is 3.01. The summed E-state index contributed by atoms with van der Waals surface area (Å²) in [5.41, 5.74) is 3.82. The smallest absolute Gasteiger partial charge is 0.250 e. The fraction of sp³-hybridized carbons (Fsp3) is 0.444. The minimum Gasteiger partial charge on any atom is -0.289 e. The zero-order chi connectivity index (χ0) is 9.14. The van der Waals surface area contributed by atoms with Crippen molar-refractivity contribution in [2.45, 2.75) is 19.8 Å². The van der Waals surface area contributed by atoms with E-state index in [4.69, 9.17) is 5.21 Å². The van der Waals surface area contributed by atoms with E-state index in [2.05, 4.69) is 6.58 Å². The Bertz CT molecular complexity index is 243. The molecule has 1 amide bonds. The first kappa shape index (κ1) is 9.00. The predicted molar refractivity (Wildman–Crippen MR) is 45.6 cm³/mol. The third-order valence-corrected chi connectivity index (χ3v) is 2.32. The van der Waals surface area contributed by atoms with Crippen molar-refractivity contribution in [3.05, 3.63) is 23.8 Å². The molecular weight excluding hydrogens is 154 g/mol. The molecule has 0 spiro atoms. The third kappa shape index (κ3) is 1.41. The van der Waals surface area contributed by atoms with Gasteiger partial charge in [0.1, 0.15) is 0 Å². The van der Waals surface area contributed by atoms with Crippen molar-refractivity contribution in [2.75, 3.05) is 0 Å². The molecule has 3 heteroatoms. The monoisotopic (exact) mass is 167 g/mol. The highest BCUT2D eigenvalue weighted by Gasteiger charge is 2.27. The van der Waals surface area contributed by atoms with Crippen LogP contribution in [-0.4, -0.2) is 11.1 Å². The number of nitrogens with one attached hydrogen (secondary N) is 1. The molecule has 0 aromatic carbocycles. The summed E-state index contributed by atoms with van der Waals surface area (Å²) in [5, 5.41) is 8.44. The highest BCUT2D eigenvalue weighted by Crippen LogP contribution is 2.32. The molecule has 0 bridgehead atoms. The van der Waals surface area contributed by atoms with Gasteiger partial charge in [0, 0.05) is 0 Å². The van der Waals surface area contributed by atoms with Crippen molar-refractivity contribution in [2.24, 2.45) is 5.92 Å². The molecule has 1 rings (SSSR count). The van der Waals surface area contributed by atoms with Gasteiger partial charge in [-0.2, -0.15) is 0 Å². The van der Waals surface area contributed by atoms with Crippen molar-refractivity contribution in [3.63, 3.8) is 0 Å². The van der Waals surface area contributed by atoms with Crippen molar-refractivity contribution >= 4 is 5.91 Å². The SMILES string of the molecule is C=CC1=C(C)CCC1C(=O)NO. The van der Waals surface area contributed by atoms with Gasteiger partial charge in [-0.25, -0.2) is 5.48 Å². The van der Waals surface area contributed by atoms with Crippen LogP contribution in [0.5, 0.6) is 0 Å². The first-order valence-corrected chi connectivity index (χ1v) is 3.96. The number of allylic oxidation sites excluding steroid dienone is 2. The average molecular weight is 167 g/mol. The van der Waals surface area contributed by atoms with Gasteiger partial charge >= 0.3 is 0 Å². The lowest BCUT2D eigenvalue weighted by Gasteiger charge is -2.08. The second-order valence-corrected chi connectivity index (χ2v) is 3.01. The summed E-state index contributed by atoms with van der Waals surface area (Å²) in [5.74, 6) is -0.533. The maximum Gasteiger partial charge on any atom is 0.250 e. The molecular formula is C9H13NO2. The van der Waals surface area contributed by atoms with E-state index in [1.54, 1.807) is 11.6 Å². The van der Waals surface area contributed by atoms with Crippen LogP contribution in [0.25, 0.3) is 0 Å². The van der Waals surface area contributed by atoms with Crippen molar-refractivity contribution in [3.8, 4) is 0 Å². The largest absolute Gasteiger partial charge is 0.289 e. The number of amides is 1. The van der Waals surface area contributed by atoms with E-state index in [1.807, 2.05) is 6.92 Å². The molecule has 2 N–H and O–H groups in total. The van der Waals surface area contributed by atoms with Crippen molar-refractivity contribution < 1.29 is 10.0 Å². The third-order valence-electron chi connectivity index (χ3n) is 2.32. The second kappa shape index (κ2) is 3.54. The Morgan fingerprint density at radius 3 is 3.00 bits per heavy atom. The molecule has 0 saturated heterocycles. The summed E-state index contributed by atoms with van der Waals surface area (Å²) in [6.45, 7) is 5.63. The Hall–Kier alpha value is -1.09.